The molecule has 4 N–H and O–H groups in total. The number of benzene rings is 2. The Balaban J connectivity index is 1.65. The minimum Gasteiger partial charge on any atom is -0.445 e. The van der Waals surface area contributed by atoms with E-state index in [0.717, 1.165) is 11.1 Å². The predicted octanol–water partition coefficient (Wildman–Crippen LogP) is 1.92. The maximum absolute atomic E-state index is 12.3. The number of aliphatic hydroxyl groups is 1. The molecule has 0 aromatic heterocycles. The summed E-state index contributed by atoms with van der Waals surface area (Å²) in [5.41, 5.74) is 1.94. The molecule has 0 fully saturated rings. The zero-order valence-corrected chi connectivity index (χ0v) is 18.4. The summed E-state index contributed by atoms with van der Waals surface area (Å²) in [4.78, 5) is 36.3. The molecule has 3 atom stereocenters. The summed E-state index contributed by atoms with van der Waals surface area (Å²) in [6.07, 6.45) is -0.206. The number of ether oxygens (including phenoxy) is 1. The van der Waals surface area contributed by atoms with Crippen molar-refractivity contribution in [1.82, 2.24) is 16.0 Å². The van der Waals surface area contributed by atoms with Crippen LogP contribution in [-0.4, -0.2) is 47.7 Å². The number of carbonyl (C=O) groups excluding carboxylic acids is 3. The standard InChI is InChI=1S/C24H31N3O5/c1-17(22(29)25-15-21(28)14-13-19-9-5-3-6-10-19)26-23(30)18(2)27-24(31)32-16-20-11-7-4-8-12-20/h3-12,17-18,21,28H,13-16H2,1-2H3,(H,25,29)(H,26,30)(H,27,31)/t17-,18-,21?/m0/s1. The molecule has 0 radical (unpaired) electrons. The highest BCUT2D eigenvalue weighted by Crippen LogP contribution is 2.05. The molecule has 0 saturated carbocycles. The minimum absolute atomic E-state index is 0.0888. The number of alkyl carbamates (subject to hydrolysis) is 1. The van der Waals surface area contributed by atoms with E-state index in [0.29, 0.717) is 12.8 Å². The number of hydrogen-bond acceptors (Lipinski definition) is 5. The lowest BCUT2D eigenvalue weighted by Crippen LogP contribution is -2.52. The van der Waals surface area contributed by atoms with E-state index < -0.39 is 36.1 Å². The number of nitrogens with one attached hydrogen (secondary N) is 3. The summed E-state index contributed by atoms with van der Waals surface area (Å²) in [5.74, 6) is -0.940. The van der Waals surface area contributed by atoms with Crippen molar-refractivity contribution in [2.24, 2.45) is 0 Å². The van der Waals surface area contributed by atoms with Crippen molar-refractivity contribution in [1.29, 1.82) is 0 Å². The van der Waals surface area contributed by atoms with Crippen molar-refractivity contribution >= 4 is 17.9 Å². The number of carbonyl (C=O) groups is 3. The Hall–Kier alpha value is -3.39. The van der Waals surface area contributed by atoms with Crippen LogP contribution < -0.4 is 16.0 Å². The molecule has 0 saturated heterocycles. The second-order valence-electron chi connectivity index (χ2n) is 7.58. The number of aliphatic hydroxyl groups excluding tert-OH is 1. The SMILES string of the molecule is C[C@H](NC(=O)OCc1ccccc1)C(=O)N[C@@H](C)C(=O)NCC(O)CCc1ccccc1. The van der Waals surface area contributed by atoms with Crippen LogP contribution in [-0.2, 0) is 27.4 Å². The highest BCUT2D eigenvalue weighted by atomic mass is 16.5. The first-order chi connectivity index (χ1) is 15.3. The molecular weight excluding hydrogens is 410 g/mol. The average Bonchev–Trinajstić information content (AvgIpc) is 2.81. The summed E-state index contributed by atoms with van der Waals surface area (Å²) >= 11 is 0. The van der Waals surface area contributed by atoms with Gasteiger partial charge in [0, 0.05) is 6.54 Å². The Kier molecular flexibility index (Phi) is 10.2. The molecule has 0 spiro atoms. The third-order valence-corrected chi connectivity index (χ3v) is 4.81. The van der Waals surface area contributed by atoms with Gasteiger partial charge >= 0.3 is 6.09 Å². The molecule has 8 nitrogen and oxygen atoms in total. The summed E-state index contributed by atoms with van der Waals surface area (Å²) in [7, 11) is 0. The molecule has 3 amide bonds. The van der Waals surface area contributed by atoms with Gasteiger partial charge in [-0.25, -0.2) is 4.79 Å². The van der Waals surface area contributed by atoms with E-state index in [2.05, 4.69) is 16.0 Å². The average molecular weight is 442 g/mol. The minimum atomic E-state index is -0.884. The van der Waals surface area contributed by atoms with Gasteiger partial charge in [-0.3, -0.25) is 9.59 Å². The molecule has 172 valence electrons. The van der Waals surface area contributed by atoms with Gasteiger partial charge in [0.2, 0.25) is 11.8 Å². The normalized spacial score (nSPS) is 13.3. The van der Waals surface area contributed by atoms with Gasteiger partial charge in [0.25, 0.3) is 0 Å². The molecule has 2 aromatic carbocycles. The van der Waals surface area contributed by atoms with E-state index in [4.69, 9.17) is 4.74 Å². The summed E-state index contributed by atoms with van der Waals surface area (Å²) in [6.45, 7) is 3.21. The third kappa shape index (κ3) is 9.18. The van der Waals surface area contributed by atoms with Gasteiger partial charge in [-0.15, -0.1) is 0 Å². The van der Waals surface area contributed by atoms with Crippen LogP contribution in [0.5, 0.6) is 0 Å². The van der Waals surface area contributed by atoms with Gasteiger partial charge < -0.3 is 25.8 Å². The van der Waals surface area contributed by atoms with Crippen molar-refractivity contribution in [3.63, 3.8) is 0 Å². The third-order valence-electron chi connectivity index (χ3n) is 4.81. The molecule has 2 aromatic rings. The quantitative estimate of drug-likeness (QED) is 0.425. The number of hydrogen-bond donors (Lipinski definition) is 4. The smallest absolute Gasteiger partial charge is 0.408 e. The molecule has 1 unspecified atom stereocenters. The Bertz CT molecular complexity index is 860. The van der Waals surface area contributed by atoms with E-state index >= 15 is 0 Å². The first-order valence-electron chi connectivity index (χ1n) is 10.6. The lowest BCUT2D eigenvalue weighted by Gasteiger charge is -2.19. The molecule has 0 bridgehead atoms. The summed E-state index contributed by atoms with van der Waals surface area (Å²) in [5, 5.41) is 17.7. The maximum atomic E-state index is 12.3. The highest BCUT2D eigenvalue weighted by molar-refractivity contribution is 5.90. The van der Waals surface area contributed by atoms with E-state index in [-0.39, 0.29) is 13.2 Å². The van der Waals surface area contributed by atoms with E-state index in [1.165, 1.54) is 13.8 Å². The van der Waals surface area contributed by atoms with Crippen molar-refractivity contribution in [2.75, 3.05) is 6.54 Å². The number of aryl methyl sites for hydroxylation is 1. The van der Waals surface area contributed by atoms with Gasteiger partial charge in [-0.05, 0) is 37.8 Å². The van der Waals surface area contributed by atoms with Gasteiger partial charge in [-0.1, -0.05) is 60.7 Å². The number of amides is 3. The predicted molar refractivity (Wildman–Crippen MR) is 121 cm³/mol. The van der Waals surface area contributed by atoms with Crippen LogP contribution in [0.25, 0.3) is 0 Å². The molecule has 8 heteroatoms. The monoisotopic (exact) mass is 441 g/mol. The topological polar surface area (TPSA) is 117 Å². The fourth-order valence-electron chi connectivity index (χ4n) is 2.86. The van der Waals surface area contributed by atoms with Gasteiger partial charge in [0.05, 0.1) is 6.10 Å². The molecule has 0 heterocycles. The van der Waals surface area contributed by atoms with E-state index in [9.17, 15) is 19.5 Å². The molecule has 0 aliphatic rings. The second-order valence-corrected chi connectivity index (χ2v) is 7.58. The van der Waals surface area contributed by atoms with Crippen LogP contribution in [0.15, 0.2) is 60.7 Å². The lowest BCUT2D eigenvalue weighted by molar-refractivity contribution is -0.129. The first-order valence-corrected chi connectivity index (χ1v) is 10.6. The maximum Gasteiger partial charge on any atom is 0.408 e. The molecular formula is C24H31N3O5. The van der Waals surface area contributed by atoms with E-state index in [1.807, 2.05) is 60.7 Å². The van der Waals surface area contributed by atoms with Gasteiger partial charge in [0.1, 0.15) is 18.7 Å². The highest BCUT2D eigenvalue weighted by Gasteiger charge is 2.21. The van der Waals surface area contributed by atoms with Gasteiger partial charge in [0.15, 0.2) is 0 Å². The zero-order valence-electron chi connectivity index (χ0n) is 18.4. The van der Waals surface area contributed by atoms with Crippen molar-refractivity contribution in [3.05, 3.63) is 71.8 Å². The fourth-order valence-corrected chi connectivity index (χ4v) is 2.86. The first kappa shape index (κ1) is 24.9. The van der Waals surface area contributed by atoms with Crippen molar-refractivity contribution < 1.29 is 24.2 Å². The Morgan fingerprint density at radius 1 is 0.844 bits per heavy atom. The summed E-state index contributed by atoms with van der Waals surface area (Å²) < 4.78 is 5.08. The largest absolute Gasteiger partial charge is 0.445 e. The van der Waals surface area contributed by atoms with Gasteiger partial charge in [-0.2, -0.15) is 0 Å². The van der Waals surface area contributed by atoms with E-state index in [1.54, 1.807) is 0 Å². The van der Waals surface area contributed by atoms with Crippen LogP contribution >= 0.6 is 0 Å². The fraction of sp³-hybridized carbons (Fsp3) is 0.375. The van der Waals surface area contributed by atoms with Crippen LogP contribution in [0.1, 0.15) is 31.4 Å². The Morgan fingerprint density at radius 3 is 2.03 bits per heavy atom. The molecule has 0 aliphatic carbocycles. The van der Waals surface area contributed by atoms with Crippen molar-refractivity contribution in [3.8, 4) is 0 Å². The lowest BCUT2D eigenvalue weighted by atomic mass is 10.1. The second kappa shape index (κ2) is 13.1. The zero-order chi connectivity index (χ0) is 23.3. The van der Waals surface area contributed by atoms with Crippen LogP contribution in [0.3, 0.4) is 0 Å². The molecule has 2 rings (SSSR count). The Labute approximate surface area is 188 Å². The number of rotatable bonds is 11. The summed E-state index contributed by atoms with van der Waals surface area (Å²) in [6, 6.07) is 17.2. The van der Waals surface area contributed by atoms with Crippen LogP contribution in [0.2, 0.25) is 0 Å². The van der Waals surface area contributed by atoms with Crippen LogP contribution in [0, 0.1) is 0 Å². The molecule has 32 heavy (non-hydrogen) atoms. The van der Waals surface area contributed by atoms with Crippen molar-refractivity contribution in [2.45, 2.75) is 51.5 Å². The Morgan fingerprint density at radius 2 is 1.41 bits per heavy atom. The molecule has 0 aliphatic heterocycles. The van der Waals surface area contributed by atoms with Crippen LogP contribution in [0.4, 0.5) is 4.79 Å².